The molecule has 0 radical (unpaired) electrons. The highest BCUT2D eigenvalue weighted by atomic mass is 16.4. The fourth-order valence-electron chi connectivity index (χ4n) is 2.67. The Hall–Kier alpha value is -2.70. The second-order valence-electron chi connectivity index (χ2n) is 4.82. The third-order valence-corrected chi connectivity index (χ3v) is 3.79. The Morgan fingerprint density at radius 3 is 1.95 bits per heavy atom. The number of rotatable bonds is 3. The molecule has 1 aliphatic heterocycles. The average Bonchev–Trinajstić information content (AvgIpc) is 3.10. The number of nitrogens with zero attached hydrogens (tertiary/aromatic N) is 1. The molecule has 1 fully saturated rings. The summed E-state index contributed by atoms with van der Waals surface area (Å²) < 4.78 is 0. The summed E-state index contributed by atoms with van der Waals surface area (Å²) >= 11 is 0. The van der Waals surface area contributed by atoms with Crippen molar-refractivity contribution in [3.63, 3.8) is 0 Å². The van der Waals surface area contributed by atoms with Crippen molar-refractivity contribution in [1.82, 2.24) is 4.90 Å². The fourth-order valence-corrected chi connectivity index (χ4v) is 2.67. The molecule has 2 amide bonds. The molecule has 1 saturated carbocycles. The smallest absolute Gasteiger partial charge is 0.331 e. The summed E-state index contributed by atoms with van der Waals surface area (Å²) in [5, 5.41) is 18.3. The van der Waals surface area contributed by atoms with E-state index in [4.69, 9.17) is 5.11 Å². The first-order valence-electron chi connectivity index (χ1n) is 5.85. The summed E-state index contributed by atoms with van der Waals surface area (Å²) in [5.74, 6) is -5.57. The van der Waals surface area contributed by atoms with Crippen molar-refractivity contribution >= 4 is 23.8 Å². The Kier molecular flexibility index (Phi) is 2.26. The maximum absolute atomic E-state index is 12.2. The van der Waals surface area contributed by atoms with Gasteiger partial charge in [-0.3, -0.25) is 19.3 Å². The maximum Gasteiger partial charge on any atom is 0.331 e. The van der Waals surface area contributed by atoms with E-state index in [1.165, 1.54) is 12.1 Å². The van der Waals surface area contributed by atoms with Crippen LogP contribution in [0.25, 0.3) is 0 Å². The predicted octanol–water partition coefficient (Wildman–Crippen LogP) is 0.210. The van der Waals surface area contributed by atoms with Crippen molar-refractivity contribution in [3.8, 4) is 0 Å². The molecule has 0 unspecified atom stereocenters. The molecule has 7 nitrogen and oxygen atoms in total. The molecule has 1 aromatic carbocycles. The van der Waals surface area contributed by atoms with Gasteiger partial charge in [-0.15, -0.1) is 0 Å². The third-order valence-electron chi connectivity index (χ3n) is 3.79. The topological polar surface area (TPSA) is 112 Å². The van der Waals surface area contributed by atoms with Crippen molar-refractivity contribution in [1.29, 1.82) is 0 Å². The van der Waals surface area contributed by atoms with Gasteiger partial charge < -0.3 is 10.2 Å². The minimum absolute atomic E-state index is 0.106. The predicted molar refractivity (Wildman–Crippen MR) is 63.1 cm³/mol. The standard InChI is InChI=1S/C13H9NO6/c15-9-6-3-1-2-4-7(6)10(16)14(9)13(12(19)20)5-8(13)11(17)18/h1-4,8H,5H2,(H,17,18)(H,19,20)/t8-,13+/m1/s1. The van der Waals surface area contributed by atoms with Gasteiger partial charge in [-0.25, -0.2) is 4.79 Å². The van der Waals surface area contributed by atoms with Gasteiger partial charge >= 0.3 is 11.9 Å². The molecule has 0 saturated heterocycles. The SMILES string of the molecule is O=C(O)[C@H]1C[C@]1(C(=O)O)N1C(=O)c2ccccc2C1=O. The lowest BCUT2D eigenvalue weighted by Crippen LogP contribution is -2.49. The van der Waals surface area contributed by atoms with Crippen LogP contribution in [0.2, 0.25) is 0 Å². The Bertz CT molecular complexity index is 646. The van der Waals surface area contributed by atoms with E-state index in [0.29, 0.717) is 4.90 Å². The van der Waals surface area contributed by atoms with Gasteiger partial charge in [0.15, 0.2) is 5.54 Å². The van der Waals surface area contributed by atoms with Crippen LogP contribution in [0, 0.1) is 5.92 Å². The number of imide groups is 1. The van der Waals surface area contributed by atoms with Crippen LogP contribution < -0.4 is 0 Å². The van der Waals surface area contributed by atoms with E-state index in [1.54, 1.807) is 12.1 Å². The number of amides is 2. The lowest BCUT2D eigenvalue weighted by atomic mass is 10.1. The molecule has 2 atom stereocenters. The zero-order valence-electron chi connectivity index (χ0n) is 10.1. The fraction of sp³-hybridized carbons (Fsp3) is 0.231. The second-order valence-corrected chi connectivity index (χ2v) is 4.82. The molecule has 20 heavy (non-hydrogen) atoms. The van der Waals surface area contributed by atoms with Crippen LogP contribution in [0.4, 0.5) is 0 Å². The van der Waals surface area contributed by atoms with Gasteiger partial charge in [-0.05, 0) is 18.6 Å². The zero-order valence-corrected chi connectivity index (χ0v) is 10.1. The summed E-state index contributed by atoms with van der Waals surface area (Å²) in [6.07, 6.45) is -0.261. The highest BCUT2D eigenvalue weighted by Crippen LogP contribution is 2.51. The molecule has 2 aliphatic rings. The quantitative estimate of drug-likeness (QED) is 0.762. The molecule has 1 heterocycles. The largest absolute Gasteiger partial charge is 0.481 e. The van der Waals surface area contributed by atoms with E-state index in [0.717, 1.165) is 0 Å². The van der Waals surface area contributed by atoms with Gasteiger partial charge in [-0.1, -0.05) is 12.1 Å². The first-order valence-corrected chi connectivity index (χ1v) is 5.85. The second kappa shape index (κ2) is 3.66. The number of fused-ring (bicyclic) bond motifs is 1. The van der Waals surface area contributed by atoms with Crippen LogP contribution in [-0.2, 0) is 9.59 Å². The van der Waals surface area contributed by atoms with E-state index in [-0.39, 0.29) is 17.5 Å². The van der Waals surface area contributed by atoms with Gasteiger partial charge in [0.05, 0.1) is 17.0 Å². The first-order chi connectivity index (χ1) is 9.41. The summed E-state index contributed by atoms with van der Waals surface area (Å²) in [5.41, 5.74) is -1.75. The summed E-state index contributed by atoms with van der Waals surface area (Å²) in [6.45, 7) is 0. The molecule has 0 bridgehead atoms. The molecule has 7 heteroatoms. The summed E-state index contributed by atoms with van der Waals surface area (Å²) in [6, 6.07) is 5.96. The maximum atomic E-state index is 12.2. The number of carbonyl (C=O) groups excluding carboxylic acids is 2. The van der Waals surface area contributed by atoms with Gasteiger partial charge in [0.1, 0.15) is 0 Å². The number of hydrogen-bond donors (Lipinski definition) is 2. The van der Waals surface area contributed by atoms with Crippen molar-refractivity contribution in [2.75, 3.05) is 0 Å². The number of carboxylic acid groups (broad SMARTS) is 2. The minimum atomic E-state index is -1.96. The minimum Gasteiger partial charge on any atom is -0.481 e. The van der Waals surface area contributed by atoms with E-state index in [9.17, 15) is 24.3 Å². The summed E-state index contributed by atoms with van der Waals surface area (Å²) in [4.78, 5) is 47.4. The van der Waals surface area contributed by atoms with Crippen molar-refractivity contribution in [2.45, 2.75) is 12.0 Å². The average molecular weight is 275 g/mol. The molecule has 3 rings (SSSR count). The number of carboxylic acids is 2. The van der Waals surface area contributed by atoms with E-state index < -0.39 is 35.2 Å². The van der Waals surface area contributed by atoms with Crippen molar-refractivity contribution < 1.29 is 29.4 Å². The summed E-state index contributed by atoms with van der Waals surface area (Å²) in [7, 11) is 0. The molecule has 2 N–H and O–H groups in total. The van der Waals surface area contributed by atoms with Gasteiger partial charge in [0.2, 0.25) is 0 Å². The number of aliphatic carboxylic acids is 2. The van der Waals surface area contributed by atoms with Crippen LogP contribution in [0.5, 0.6) is 0 Å². The highest BCUT2D eigenvalue weighted by Gasteiger charge is 2.72. The third kappa shape index (κ3) is 1.29. The Morgan fingerprint density at radius 2 is 1.60 bits per heavy atom. The first kappa shape index (κ1) is 12.3. The van der Waals surface area contributed by atoms with Crippen LogP contribution in [0.1, 0.15) is 27.1 Å². The van der Waals surface area contributed by atoms with Crippen LogP contribution in [0.15, 0.2) is 24.3 Å². The molecule has 0 aromatic heterocycles. The van der Waals surface area contributed by atoms with E-state index in [2.05, 4.69) is 0 Å². The zero-order chi connectivity index (χ0) is 14.7. The van der Waals surface area contributed by atoms with Crippen LogP contribution in [-0.4, -0.2) is 44.4 Å². The molecule has 0 spiro atoms. The monoisotopic (exact) mass is 275 g/mol. The lowest BCUT2D eigenvalue weighted by molar-refractivity contribution is -0.148. The van der Waals surface area contributed by atoms with E-state index in [1.807, 2.05) is 0 Å². The van der Waals surface area contributed by atoms with Crippen molar-refractivity contribution in [2.24, 2.45) is 5.92 Å². The molecule has 1 aliphatic carbocycles. The molecule has 1 aromatic rings. The van der Waals surface area contributed by atoms with Gasteiger partial charge in [-0.2, -0.15) is 0 Å². The normalized spacial score (nSPS) is 27.4. The Labute approximate surface area is 112 Å². The Balaban J connectivity index is 2.09. The molecule has 102 valence electrons. The molecular weight excluding hydrogens is 266 g/mol. The highest BCUT2D eigenvalue weighted by molar-refractivity contribution is 6.24. The van der Waals surface area contributed by atoms with Crippen LogP contribution in [0.3, 0.4) is 0 Å². The van der Waals surface area contributed by atoms with Crippen LogP contribution >= 0.6 is 0 Å². The van der Waals surface area contributed by atoms with Gasteiger partial charge in [0.25, 0.3) is 11.8 Å². The number of benzene rings is 1. The number of carbonyl (C=O) groups is 4. The van der Waals surface area contributed by atoms with Gasteiger partial charge in [0, 0.05) is 0 Å². The molecular formula is C13H9NO6. The Morgan fingerprint density at radius 1 is 1.10 bits per heavy atom. The lowest BCUT2D eigenvalue weighted by Gasteiger charge is -2.22. The van der Waals surface area contributed by atoms with Crippen molar-refractivity contribution in [3.05, 3.63) is 35.4 Å². The number of hydrogen-bond acceptors (Lipinski definition) is 4. The van der Waals surface area contributed by atoms with E-state index >= 15 is 0 Å².